The van der Waals surface area contributed by atoms with E-state index in [1.807, 2.05) is 22.6 Å². The zero-order valence-corrected chi connectivity index (χ0v) is 19.1. The van der Waals surface area contributed by atoms with Gasteiger partial charge >= 0.3 is 5.97 Å². The summed E-state index contributed by atoms with van der Waals surface area (Å²) in [5.41, 5.74) is 0.0568. The molecular formula is C18H12IN3O7S2. The van der Waals surface area contributed by atoms with Crippen LogP contribution in [0, 0.1) is 13.7 Å². The van der Waals surface area contributed by atoms with Gasteiger partial charge < -0.3 is 4.74 Å². The summed E-state index contributed by atoms with van der Waals surface area (Å²) in [5, 5.41) is 13.1. The number of hydrogen-bond donors (Lipinski definition) is 1. The number of nitro groups is 1. The molecule has 0 aliphatic heterocycles. The van der Waals surface area contributed by atoms with E-state index in [1.165, 1.54) is 0 Å². The maximum atomic E-state index is 12.6. The van der Waals surface area contributed by atoms with E-state index in [0.29, 0.717) is 16.9 Å². The second kappa shape index (κ2) is 9.49. The first kappa shape index (κ1) is 22.8. The van der Waals surface area contributed by atoms with Crippen LogP contribution in [0.25, 0.3) is 0 Å². The molecule has 0 atom stereocenters. The lowest BCUT2D eigenvalue weighted by molar-refractivity contribution is -0.384. The molecule has 0 fully saturated rings. The number of nitrogens with one attached hydrogen (secondary N) is 1. The monoisotopic (exact) mass is 573 g/mol. The number of carbonyl (C=O) groups excluding carboxylic acids is 2. The Hall–Kier alpha value is -2.91. The van der Waals surface area contributed by atoms with Crippen LogP contribution in [0.5, 0.6) is 0 Å². The molecule has 10 nitrogen and oxygen atoms in total. The lowest BCUT2D eigenvalue weighted by Gasteiger charge is -2.05. The van der Waals surface area contributed by atoms with Crippen molar-refractivity contribution in [1.29, 1.82) is 0 Å². The molecule has 0 unspecified atom stereocenters. The number of anilines is 1. The molecule has 3 aromatic rings. The molecular weight excluding hydrogens is 561 g/mol. The number of aromatic nitrogens is 1. The maximum Gasteiger partial charge on any atom is 0.338 e. The van der Waals surface area contributed by atoms with E-state index < -0.39 is 33.2 Å². The predicted octanol–water partition coefficient (Wildman–Crippen LogP) is 3.28. The van der Waals surface area contributed by atoms with Crippen molar-refractivity contribution >= 4 is 66.5 Å². The SMILES string of the molecule is O=C(COC(=O)c1cccc(I)c1)Nc1ncc(S(=O)(=O)c2ccc([N+](=O)[O-])cc2)s1. The van der Waals surface area contributed by atoms with Crippen LogP contribution in [0.15, 0.2) is 63.8 Å². The molecule has 31 heavy (non-hydrogen) atoms. The standard InChI is InChI=1S/C18H12IN3O7S2/c19-12-3-1-2-11(8-12)17(24)29-10-15(23)21-18-20-9-16(30-18)31(27,28)14-6-4-13(5-7-14)22(25)26/h1-9H,10H2,(H,20,21,23). The topological polar surface area (TPSA) is 146 Å². The van der Waals surface area contributed by atoms with E-state index in [9.17, 15) is 28.1 Å². The van der Waals surface area contributed by atoms with Crippen LogP contribution >= 0.6 is 33.9 Å². The minimum Gasteiger partial charge on any atom is -0.452 e. The van der Waals surface area contributed by atoms with Crippen molar-refractivity contribution in [3.8, 4) is 0 Å². The number of non-ortho nitro benzene ring substituents is 1. The molecule has 0 saturated carbocycles. The fourth-order valence-corrected chi connectivity index (χ4v) is 5.28. The first-order valence-corrected chi connectivity index (χ1v) is 11.7. The molecule has 0 saturated heterocycles. The fraction of sp³-hybridized carbons (Fsp3) is 0.0556. The Labute approximate surface area is 193 Å². The summed E-state index contributed by atoms with van der Waals surface area (Å²) in [6, 6.07) is 11.0. The third-order valence-electron chi connectivity index (χ3n) is 3.75. The van der Waals surface area contributed by atoms with Gasteiger partial charge in [0.15, 0.2) is 11.7 Å². The van der Waals surface area contributed by atoms with Crippen molar-refractivity contribution in [2.75, 3.05) is 11.9 Å². The first-order valence-electron chi connectivity index (χ1n) is 8.35. The van der Waals surface area contributed by atoms with Gasteiger partial charge in [0.05, 0.1) is 21.6 Å². The van der Waals surface area contributed by atoms with Crippen LogP contribution in [0.1, 0.15) is 10.4 Å². The van der Waals surface area contributed by atoms with Crippen LogP contribution < -0.4 is 5.32 Å². The van der Waals surface area contributed by atoms with Crippen molar-refractivity contribution in [1.82, 2.24) is 4.98 Å². The molecule has 1 heterocycles. The number of esters is 1. The number of nitro benzene ring substituents is 1. The molecule has 0 bridgehead atoms. The second-order valence-electron chi connectivity index (χ2n) is 5.87. The predicted molar refractivity (Wildman–Crippen MR) is 119 cm³/mol. The average Bonchev–Trinajstić information content (AvgIpc) is 3.21. The molecule has 0 aliphatic carbocycles. The van der Waals surface area contributed by atoms with E-state index >= 15 is 0 Å². The van der Waals surface area contributed by atoms with E-state index in [4.69, 9.17) is 4.74 Å². The Kier molecular flexibility index (Phi) is 6.97. The highest BCUT2D eigenvalue weighted by molar-refractivity contribution is 14.1. The second-order valence-corrected chi connectivity index (χ2v) is 10.3. The molecule has 160 valence electrons. The van der Waals surface area contributed by atoms with E-state index in [2.05, 4.69) is 10.3 Å². The molecule has 13 heteroatoms. The van der Waals surface area contributed by atoms with Crippen molar-refractivity contribution in [3.05, 3.63) is 74.0 Å². The summed E-state index contributed by atoms with van der Waals surface area (Å²) in [5.74, 6) is -1.36. The van der Waals surface area contributed by atoms with Crippen molar-refractivity contribution in [2.45, 2.75) is 9.10 Å². The molecule has 0 aliphatic rings. The average molecular weight is 573 g/mol. The quantitative estimate of drug-likeness (QED) is 0.196. The zero-order chi connectivity index (χ0) is 22.6. The Morgan fingerprint density at radius 2 is 1.90 bits per heavy atom. The fourth-order valence-electron chi connectivity index (χ4n) is 2.29. The smallest absolute Gasteiger partial charge is 0.338 e. The molecule has 1 aromatic heterocycles. The highest BCUT2D eigenvalue weighted by atomic mass is 127. The number of sulfone groups is 1. The molecule has 2 aromatic carbocycles. The highest BCUT2D eigenvalue weighted by Gasteiger charge is 2.22. The summed E-state index contributed by atoms with van der Waals surface area (Å²) in [6.07, 6.45) is 1.06. The summed E-state index contributed by atoms with van der Waals surface area (Å²) in [6.45, 7) is -0.575. The third kappa shape index (κ3) is 5.62. The van der Waals surface area contributed by atoms with Gasteiger partial charge in [-0.25, -0.2) is 18.2 Å². The molecule has 0 spiro atoms. The normalized spacial score (nSPS) is 11.0. The Morgan fingerprint density at radius 3 is 2.55 bits per heavy atom. The summed E-state index contributed by atoms with van der Waals surface area (Å²) >= 11 is 2.74. The lowest BCUT2D eigenvalue weighted by Crippen LogP contribution is -2.20. The van der Waals surface area contributed by atoms with Crippen LogP contribution in [-0.4, -0.2) is 36.8 Å². The minimum atomic E-state index is -3.97. The van der Waals surface area contributed by atoms with Crippen molar-refractivity contribution < 1.29 is 27.7 Å². The molecule has 1 N–H and O–H groups in total. The Balaban J connectivity index is 1.63. The number of thiazole rings is 1. The number of halogens is 1. The summed E-state index contributed by atoms with van der Waals surface area (Å²) < 4.78 is 30.9. The molecule has 1 amide bonds. The van der Waals surface area contributed by atoms with Crippen LogP contribution in [0.2, 0.25) is 0 Å². The van der Waals surface area contributed by atoms with Crippen LogP contribution in [0.4, 0.5) is 10.8 Å². The number of hydrogen-bond acceptors (Lipinski definition) is 9. The van der Waals surface area contributed by atoms with Gasteiger partial charge in [-0.05, 0) is 52.9 Å². The van der Waals surface area contributed by atoms with Gasteiger partial charge in [-0.15, -0.1) is 0 Å². The third-order valence-corrected chi connectivity index (χ3v) is 7.56. The van der Waals surface area contributed by atoms with Crippen molar-refractivity contribution in [2.24, 2.45) is 0 Å². The van der Waals surface area contributed by atoms with E-state index in [0.717, 1.165) is 34.0 Å². The molecule has 0 radical (unpaired) electrons. The molecule has 3 rings (SSSR count). The largest absolute Gasteiger partial charge is 0.452 e. The van der Waals surface area contributed by atoms with Crippen LogP contribution in [0.3, 0.4) is 0 Å². The number of nitrogens with zero attached hydrogens (tertiary/aromatic N) is 2. The van der Waals surface area contributed by atoms with Gasteiger partial charge in [-0.3, -0.25) is 20.2 Å². The van der Waals surface area contributed by atoms with E-state index in [-0.39, 0.29) is 19.9 Å². The lowest BCUT2D eigenvalue weighted by atomic mass is 10.2. The zero-order valence-electron chi connectivity index (χ0n) is 15.3. The summed E-state index contributed by atoms with van der Waals surface area (Å²) in [4.78, 5) is 37.8. The van der Waals surface area contributed by atoms with Crippen LogP contribution in [-0.2, 0) is 19.4 Å². The number of ether oxygens (including phenoxy) is 1. The maximum absolute atomic E-state index is 12.6. The Morgan fingerprint density at radius 1 is 1.19 bits per heavy atom. The van der Waals surface area contributed by atoms with Gasteiger partial charge in [-0.1, -0.05) is 17.4 Å². The minimum absolute atomic E-state index is 0.00389. The van der Waals surface area contributed by atoms with E-state index in [1.54, 1.807) is 24.3 Å². The number of benzene rings is 2. The number of amides is 1. The summed E-state index contributed by atoms with van der Waals surface area (Å²) in [7, 11) is -3.97. The first-order chi connectivity index (χ1) is 14.7. The van der Waals surface area contributed by atoms with Gasteiger partial charge in [0.2, 0.25) is 9.84 Å². The number of rotatable bonds is 7. The van der Waals surface area contributed by atoms with Gasteiger partial charge in [0.25, 0.3) is 11.6 Å². The Bertz CT molecular complexity index is 1260. The van der Waals surface area contributed by atoms with Gasteiger partial charge in [0, 0.05) is 15.7 Å². The highest BCUT2D eigenvalue weighted by Crippen LogP contribution is 2.29. The van der Waals surface area contributed by atoms with Crippen molar-refractivity contribution in [3.63, 3.8) is 0 Å². The van der Waals surface area contributed by atoms with Gasteiger partial charge in [-0.2, -0.15) is 0 Å². The van der Waals surface area contributed by atoms with Gasteiger partial charge in [0.1, 0.15) is 4.21 Å². The number of carbonyl (C=O) groups is 2.